The number of carbonyl (C=O) groups is 14. The van der Waals surface area contributed by atoms with Gasteiger partial charge in [0.2, 0.25) is 59.1 Å². The first kappa shape index (κ1) is 97.8. The average Bonchev–Trinajstić information content (AvgIpc) is 1.67. The van der Waals surface area contributed by atoms with Gasteiger partial charge in [0.15, 0.2) is 0 Å². The van der Waals surface area contributed by atoms with Crippen LogP contribution >= 0.6 is 46.4 Å². The number of carboxylic acid groups (broad SMARTS) is 1. The minimum Gasteiger partial charge on any atom is -0.477 e. The number of primary amides is 2. The summed E-state index contributed by atoms with van der Waals surface area (Å²) in [6.07, 6.45) is 17.5. The summed E-state index contributed by atoms with van der Waals surface area (Å²) in [7, 11) is 0. The summed E-state index contributed by atoms with van der Waals surface area (Å²) in [4.78, 5) is 183. The van der Waals surface area contributed by atoms with Crippen molar-refractivity contribution < 1.29 is 72.2 Å². The van der Waals surface area contributed by atoms with Crippen molar-refractivity contribution in [2.24, 2.45) is 64.5 Å². The maximum atomic E-state index is 13.1. The number of nitrogens with zero attached hydrogens (tertiary/aromatic N) is 2. The number of benzene rings is 4. The van der Waals surface area contributed by atoms with E-state index in [2.05, 4.69) is 90.6 Å². The molecular weight excluding hydrogens is 1770 g/mol. The van der Waals surface area contributed by atoms with Crippen LogP contribution in [0, 0.1) is 70.0 Å². The Morgan fingerprint density at radius 2 is 0.626 bits per heavy atom. The van der Waals surface area contributed by atoms with Crippen LogP contribution in [0.25, 0.3) is 43.6 Å². The van der Waals surface area contributed by atoms with Gasteiger partial charge in [-0.1, -0.05) is 146 Å². The number of aromatic amines is 4. The van der Waals surface area contributed by atoms with E-state index in [1.807, 2.05) is 24.3 Å². The Morgan fingerprint density at radius 3 is 0.893 bits per heavy atom. The fourth-order valence-corrected chi connectivity index (χ4v) is 17.4. The number of aromatic carboxylic acids is 1. The first-order valence-corrected chi connectivity index (χ1v) is 46.1. The summed E-state index contributed by atoms with van der Waals surface area (Å²) in [6.45, 7) is 2.56. The van der Waals surface area contributed by atoms with Gasteiger partial charge in [-0.05, 0) is 175 Å². The minimum atomic E-state index is -0.989. The topological polar surface area (TPSA) is 580 Å². The Hall–Kier alpha value is -12.3. The third-order valence-corrected chi connectivity index (χ3v) is 25.9. The average molecular weight is 1880 g/mol. The number of hydrogen-bond acceptors (Lipinski definition) is 17. The van der Waals surface area contributed by atoms with Crippen LogP contribution in [-0.2, 0) is 47.9 Å². The van der Waals surface area contributed by atoms with Crippen molar-refractivity contribution in [1.29, 1.82) is 10.5 Å². The Bertz CT molecular complexity index is 5480. The van der Waals surface area contributed by atoms with E-state index >= 15 is 0 Å². The molecule has 22 N–H and O–H groups in total. The first-order valence-electron chi connectivity index (χ1n) is 44.6. The van der Waals surface area contributed by atoms with E-state index in [0.29, 0.717) is 155 Å². The lowest BCUT2D eigenvalue weighted by atomic mass is 9.91. The minimum absolute atomic E-state index is 0.0777. The van der Waals surface area contributed by atoms with Crippen molar-refractivity contribution in [3.05, 3.63) is 140 Å². The summed E-state index contributed by atoms with van der Waals surface area (Å²) < 4.78 is 0. The first-order chi connectivity index (χ1) is 62.8. The molecule has 4 saturated heterocycles. The SMILES string of the molecule is N#C[C@H](C[C@@H]1CCCNC1=O)NC(=O)[C@@H](CC1CC1)NC(=O)c1cc2cccc(Cl)c2[nH]1.N#C[C@H](C[C@@H]1CCCNC1=O)NC(=O)[C@H](CC1CC1)NC(=O)c1cc2cccc(Cl)c2[nH]1.NC(=O)[C@H](C[C@@H]1CCCNC1=O)NC(=O)[C@@H](N)CC1CC1.NC(=O)[C@H](C[C@@H]1CCCNC1=O)NC(=O)[C@H](CC1CC1)NC(=O)c1cc2cccc(Cl)c2[nH]1.O=C(O)c1cc2cccc(Cl)c2[nH]1. The van der Waals surface area contributed by atoms with Gasteiger partial charge in [0, 0.05) is 71.4 Å². The van der Waals surface area contributed by atoms with Crippen LogP contribution in [0.15, 0.2) is 97.1 Å². The smallest absolute Gasteiger partial charge is 0.352 e. The van der Waals surface area contributed by atoms with Gasteiger partial charge < -0.3 is 101 Å². The van der Waals surface area contributed by atoms with Crippen LogP contribution in [0.3, 0.4) is 0 Å². The summed E-state index contributed by atoms with van der Waals surface area (Å²) >= 11 is 24.4. The van der Waals surface area contributed by atoms with Crippen molar-refractivity contribution in [2.45, 2.75) is 202 Å². The van der Waals surface area contributed by atoms with Crippen LogP contribution < -0.4 is 75.7 Å². The Kier molecular flexibility index (Phi) is 34.3. The highest BCUT2D eigenvalue weighted by molar-refractivity contribution is 6.36. The second-order valence-electron chi connectivity index (χ2n) is 35.0. The third kappa shape index (κ3) is 28.4. The molecule has 13 amide bonds. The molecule has 8 aliphatic rings. The van der Waals surface area contributed by atoms with E-state index in [0.717, 1.165) is 98.6 Å². The Morgan fingerprint density at radius 1 is 0.359 bits per heavy atom. The van der Waals surface area contributed by atoms with Crippen molar-refractivity contribution in [2.75, 3.05) is 26.2 Å². The molecule has 4 aliphatic heterocycles. The van der Waals surface area contributed by atoms with Crippen molar-refractivity contribution >= 4 is 173 Å². The largest absolute Gasteiger partial charge is 0.477 e. The summed E-state index contributed by atoms with van der Waals surface area (Å²) in [5.41, 5.74) is 20.4. The molecule has 12 atom stereocenters. The zero-order valence-electron chi connectivity index (χ0n) is 72.1. The van der Waals surface area contributed by atoms with Gasteiger partial charge in [-0.2, -0.15) is 10.5 Å². The molecule has 4 aliphatic carbocycles. The Labute approximate surface area is 774 Å². The monoisotopic (exact) mass is 1870 g/mol. The van der Waals surface area contributed by atoms with Crippen LogP contribution in [0.1, 0.15) is 196 Å². The maximum Gasteiger partial charge on any atom is 0.352 e. The lowest BCUT2D eigenvalue weighted by Gasteiger charge is -2.27. The second-order valence-corrected chi connectivity index (χ2v) is 36.7. The molecule has 0 bridgehead atoms. The van der Waals surface area contributed by atoms with Gasteiger partial charge >= 0.3 is 5.97 Å². The van der Waals surface area contributed by atoms with Crippen LogP contribution in [-0.4, -0.2) is 182 Å². The fraction of sp³-hybridized carbons (Fsp3) is 0.478. The van der Waals surface area contributed by atoms with Gasteiger partial charge in [0.1, 0.15) is 65.1 Å². The molecule has 4 aromatic heterocycles. The van der Waals surface area contributed by atoms with Crippen molar-refractivity contribution in [1.82, 2.24) is 78.4 Å². The van der Waals surface area contributed by atoms with E-state index in [9.17, 15) is 77.6 Å². The molecule has 0 radical (unpaired) electrons. The lowest BCUT2D eigenvalue weighted by molar-refractivity contribution is -0.131. The number of amides is 13. The quantitative estimate of drug-likeness (QED) is 0.0183. The Balaban J connectivity index is 0.000000152. The molecule has 0 spiro atoms. The number of piperidine rings is 4. The molecule has 8 aromatic rings. The zero-order chi connectivity index (χ0) is 93.7. The number of nitrogens with two attached hydrogens (primary N) is 3. The highest BCUT2D eigenvalue weighted by Crippen LogP contribution is 2.38. The van der Waals surface area contributed by atoms with Crippen LogP contribution in [0.5, 0.6) is 0 Å². The maximum absolute atomic E-state index is 13.1. The number of hydrogen-bond donors (Lipinski definition) is 19. The van der Waals surface area contributed by atoms with Crippen molar-refractivity contribution in [3.8, 4) is 12.1 Å². The van der Waals surface area contributed by atoms with Crippen LogP contribution in [0.2, 0.25) is 20.1 Å². The number of halogens is 4. The zero-order valence-corrected chi connectivity index (χ0v) is 75.1. The predicted octanol–water partition coefficient (Wildman–Crippen LogP) is 8.41. The molecule has 39 heteroatoms. The molecule has 8 fully saturated rings. The van der Waals surface area contributed by atoms with Gasteiger partial charge in [-0.25, -0.2) is 4.79 Å². The van der Waals surface area contributed by atoms with E-state index in [4.69, 9.17) is 68.7 Å². The highest BCUT2D eigenvalue weighted by Gasteiger charge is 2.40. The standard InChI is InChI=1S/C23H28ClN5O4.2C23H26ClN5O3.C14H24N4O3.C9H6ClNO2/c24-15-5-1-3-13-10-18(27-19(13)15)23(33)29-17(9-12-6-7-12)22(32)28-16(20(25)30)11-14-4-2-8-26-21(14)31;2*24-17-5-1-3-14-11-19(28-20(14)17)23(32)29-18(9-13-6-7-13)22(31)27-16(12-25)10-15-4-2-8-26-21(15)30;15-10(6-8-3-4-8)14(21)18-11(12(16)19)7-9-2-1-5-17-13(9)20;10-6-3-1-2-5-4-7(9(12)13)11-8(5)6/h1,3,5,10,12,14,16-17,27H,2,4,6-9,11H2,(H2,25,30)(H,26,31)(H,28,32)(H,29,33);2*1,3,5,11,13,15-16,18,28H,2,4,6-10H2,(H,26,30)(H,27,31)(H,29,32);8-11H,1-7,15H2,(H2,16,19)(H,17,20)(H,18,21);1-4,11H,(H,12,13)/t14-,16-,17-;15-,16-,18+;15-,16-,18-;9-,10-,11-;/m0000./s1. The number of H-pyrrole nitrogens is 4. The highest BCUT2D eigenvalue weighted by atomic mass is 35.5. The van der Waals surface area contributed by atoms with E-state index in [1.165, 1.54) is 0 Å². The molecule has 131 heavy (non-hydrogen) atoms. The molecule has 4 aromatic carbocycles. The van der Waals surface area contributed by atoms with E-state index in [-0.39, 0.29) is 90.3 Å². The molecule has 4 saturated carbocycles. The van der Waals surface area contributed by atoms with Crippen molar-refractivity contribution in [3.63, 3.8) is 0 Å². The summed E-state index contributed by atoms with van der Waals surface area (Å²) in [5, 5.41) is 63.3. The number of para-hydroxylation sites is 4. The number of nitrogens with one attached hydrogen (secondary N) is 15. The van der Waals surface area contributed by atoms with Gasteiger partial charge in [0.25, 0.3) is 17.7 Å². The van der Waals surface area contributed by atoms with Gasteiger partial charge in [-0.15, -0.1) is 0 Å². The summed E-state index contributed by atoms with van der Waals surface area (Å²) in [6, 6.07) is 25.9. The molecule has 0 unspecified atom stereocenters. The number of aromatic nitrogens is 4. The summed E-state index contributed by atoms with van der Waals surface area (Å²) in [5.74, 6) is -5.18. The predicted molar refractivity (Wildman–Crippen MR) is 490 cm³/mol. The lowest BCUT2D eigenvalue weighted by Crippen LogP contribution is -2.54. The van der Waals surface area contributed by atoms with E-state index in [1.54, 1.807) is 72.8 Å². The van der Waals surface area contributed by atoms with Gasteiger partial charge in [0.05, 0.1) is 60.3 Å². The molecule has 35 nitrogen and oxygen atoms in total. The second kappa shape index (κ2) is 46.0. The fourth-order valence-electron chi connectivity index (χ4n) is 16.5. The molecule has 696 valence electrons. The molecular formula is C92H110Cl4N20O15. The normalized spacial score (nSPS) is 19.9. The van der Waals surface area contributed by atoms with E-state index < -0.39 is 102 Å². The third-order valence-electron chi connectivity index (χ3n) is 24.6. The number of nitriles is 2. The number of carboxylic acids is 1. The number of rotatable bonds is 33. The van der Waals surface area contributed by atoms with Crippen LogP contribution in [0.4, 0.5) is 0 Å². The molecule has 8 heterocycles. The molecule has 16 rings (SSSR count). The number of carbonyl (C=O) groups excluding carboxylic acids is 13. The number of fused-ring (bicyclic) bond motifs is 4. The van der Waals surface area contributed by atoms with Gasteiger partial charge in [-0.3, -0.25) is 62.3 Å².